The molecule has 0 atom stereocenters. The van der Waals surface area contributed by atoms with Crippen molar-refractivity contribution in [2.75, 3.05) is 20.3 Å². The fourth-order valence-electron chi connectivity index (χ4n) is 2.17. The standard InChI is InChI=1S/C18H17FN4OS/c1-24-10-9-21-18-23(22-12-16-7-2-3-8-20-16)17(13-25-18)14-5-4-6-15(19)11-14/h2-8,11-13H,9-10H2,1H3/b21-18?,22-12-. The van der Waals surface area contributed by atoms with Crippen molar-refractivity contribution < 1.29 is 9.13 Å². The lowest BCUT2D eigenvalue weighted by Crippen LogP contribution is -2.14. The minimum absolute atomic E-state index is 0.290. The van der Waals surface area contributed by atoms with Crippen LogP contribution in [0, 0.1) is 5.82 Å². The molecule has 0 amide bonds. The second-order valence-corrected chi connectivity index (χ2v) is 5.94. The number of rotatable bonds is 6. The van der Waals surface area contributed by atoms with Crippen LogP contribution in [0.1, 0.15) is 5.69 Å². The van der Waals surface area contributed by atoms with Crippen LogP contribution in [0.4, 0.5) is 4.39 Å². The zero-order chi connectivity index (χ0) is 17.5. The van der Waals surface area contributed by atoms with E-state index in [9.17, 15) is 4.39 Å². The van der Waals surface area contributed by atoms with Crippen LogP contribution in [0.15, 0.2) is 64.1 Å². The Hall–Kier alpha value is -2.64. The summed E-state index contributed by atoms with van der Waals surface area (Å²) in [5.74, 6) is -0.290. The number of hydrogen-bond donors (Lipinski definition) is 0. The maximum Gasteiger partial charge on any atom is 0.206 e. The Morgan fingerprint density at radius 2 is 2.20 bits per heavy atom. The average Bonchev–Trinajstić information content (AvgIpc) is 3.04. The Morgan fingerprint density at radius 1 is 1.28 bits per heavy atom. The highest BCUT2D eigenvalue weighted by Crippen LogP contribution is 2.20. The first-order chi connectivity index (χ1) is 12.3. The Bertz CT molecular complexity index is 918. The lowest BCUT2D eigenvalue weighted by molar-refractivity contribution is 0.207. The van der Waals surface area contributed by atoms with Crippen molar-refractivity contribution in [3.8, 4) is 11.3 Å². The van der Waals surface area contributed by atoms with E-state index in [0.29, 0.717) is 18.0 Å². The molecule has 0 fully saturated rings. The van der Waals surface area contributed by atoms with E-state index in [0.717, 1.165) is 17.0 Å². The molecule has 0 aliphatic carbocycles. The fraction of sp³-hybridized carbons (Fsp3) is 0.167. The maximum atomic E-state index is 13.6. The molecule has 0 saturated heterocycles. The van der Waals surface area contributed by atoms with Crippen molar-refractivity contribution in [3.05, 3.63) is 70.4 Å². The van der Waals surface area contributed by atoms with Crippen LogP contribution >= 0.6 is 11.3 Å². The molecule has 0 spiro atoms. The van der Waals surface area contributed by atoms with Crippen LogP contribution in [0.2, 0.25) is 0 Å². The molecule has 3 rings (SSSR count). The topological polar surface area (TPSA) is 51.8 Å². The number of pyridine rings is 1. The number of benzene rings is 1. The van der Waals surface area contributed by atoms with Crippen molar-refractivity contribution in [1.82, 2.24) is 9.66 Å². The van der Waals surface area contributed by atoms with Gasteiger partial charge in [0.1, 0.15) is 5.82 Å². The van der Waals surface area contributed by atoms with Crippen molar-refractivity contribution in [2.45, 2.75) is 0 Å². The first kappa shape index (κ1) is 17.2. The minimum Gasteiger partial charge on any atom is -0.383 e. The second-order valence-electron chi connectivity index (χ2n) is 5.10. The van der Waals surface area contributed by atoms with Gasteiger partial charge in [-0.1, -0.05) is 18.2 Å². The fourth-order valence-corrected chi connectivity index (χ4v) is 3.03. The average molecular weight is 356 g/mol. The molecular formula is C18H17FN4OS. The van der Waals surface area contributed by atoms with Crippen LogP contribution in [-0.2, 0) is 4.74 Å². The Kier molecular flexibility index (Phi) is 5.81. The third kappa shape index (κ3) is 4.46. The number of aromatic nitrogens is 2. The number of ether oxygens (including phenoxy) is 1. The van der Waals surface area contributed by atoms with Gasteiger partial charge in [0.15, 0.2) is 0 Å². The molecule has 0 N–H and O–H groups in total. The van der Waals surface area contributed by atoms with Gasteiger partial charge in [-0.25, -0.2) is 9.07 Å². The molecule has 1 aromatic carbocycles. The molecule has 0 aliphatic heterocycles. The summed E-state index contributed by atoms with van der Waals surface area (Å²) in [6, 6.07) is 12.0. The van der Waals surface area contributed by atoms with E-state index in [4.69, 9.17) is 4.74 Å². The van der Waals surface area contributed by atoms with Crippen LogP contribution in [0.25, 0.3) is 11.3 Å². The van der Waals surface area contributed by atoms with Crippen molar-refractivity contribution in [3.63, 3.8) is 0 Å². The highest BCUT2D eigenvalue weighted by molar-refractivity contribution is 7.07. The largest absolute Gasteiger partial charge is 0.383 e. The highest BCUT2D eigenvalue weighted by atomic mass is 32.1. The van der Waals surface area contributed by atoms with E-state index >= 15 is 0 Å². The summed E-state index contributed by atoms with van der Waals surface area (Å²) < 4.78 is 20.3. The third-order valence-corrected chi connectivity index (χ3v) is 4.20. The van der Waals surface area contributed by atoms with Gasteiger partial charge in [0, 0.05) is 24.3 Å². The van der Waals surface area contributed by atoms with Crippen LogP contribution in [0.3, 0.4) is 0 Å². The zero-order valence-corrected chi connectivity index (χ0v) is 14.5. The van der Waals surface area contributed by atoms with Gasteiger partial charge >= 0.3 is 0 Å². The quantitative estimate of drug-likeness (QED) is 0.503. The van der Waals surface area contributed by atoms with E-state index in [1.807, 2.05) is 29.6 Å². The molecule has 3 aromatic rings. The molecule has 0 unspecified atom stereocenters. The Morgan fingerprint density at radius 3 is 2.96 bits per heavy atom. The molecule has 5 nitrogen and oxygen atoms in total. The monoisotopic (exact) mass is 356 g/mol. The van der Waals surface area contributed by atoms with Gasteiger partial charge in [-0.3, -0.25) is 9.98 Å². The van der Waals surface area contributed by atoms with Gasteiger partial charge in [0.2, 0.25) is 4.80 Å². The smallest absolute Gasteiger partial charge is 0.206 e. The predicted molar refractivity (Wildman–Crippen MR) is 97.2 cm³/mol. The molecule has 2 aromatic heterocycles. The highest BCUT2D eigenvalue weighted by Gasteiger charge is 2.08. The van der Waals surface area contributed by atoms with E-state index in [-0.39, 0.29) is 5.82 Å². The van der Waals surface area contributed by atoms with Crippen molar-refractivity contribution in [1.29, 1.82) is 0 Å². The number of hydrogen-bond acceptors (Lipinski definition) is 5. The molecule has 0 saturated carbocycles. The molecule has 0 aliphatic rings. The zero-order valence-electron chi connectivity index (χ0n) is 13.7. The van der Waals surface area contributed by atoms with Crippen LogP contribution in [-0.4, -0.2) is 36.1 Å². The van der Waals surface area contributed by atoms with E-state index in [1.54, 1.807) is 30.3 Å². The molecule has 7 heteroatoms. The summed E-state index contributed by atoms with van der Waals surface area (Å²) in [4.78, 5) is 9.45. The van der Waals surface area contributed by atoms with Gasteiger partial charge in [0.05, 0.1) is 30.8 Å². The summed E-state index contributed by atoms with van der Waals surface area (Å²) in [6.07, 6.45) is 3.36. The Labute approximate surface area is 148 Å². The van der Waals surface area contributed by atoms with Crippen molar-refractivity contribution >= 4 is 17.6 Å². The summed E-state index contributed by atoms with van der Waals surface area (Å²) in [5, 5.41) is 6.42. The summed E-state index contributed by atoms with van der Waals surface area (Å²) >= 11 is 1.45. The number of methoxy groups -OCH3 is 1. The lowest BCUT2D eigenvalue weighted by atomic mass is 10.2. The molecular weight excluding hydrogens is 339 g/mol. The SMILES string of the molecule is COCCN=c1scc(-c2cccc(F)c2)n1/N=C\c1ccccn1. The number of nitrogens with zero attached hydrogens (tertiary/aromatic N) is 4. The number of halogens is 1. The van der Waals surface area contributed by atoms with Gasteiger partial charge in [-0.05, 0) is 24.3 Å². The Balaban J connectivity index is 2.04. The first-order valence-electron chi connectivity index (χ1n) is 7.69. The molecule has 0 radical (unpaired) electrons. The van der Waals surface area contributed by atoms with Gasteiger partial charge in [-0.2, -0.15) is 5.10 Å². The first-order valence-corrected chi connectivity index (χ1v) is 8.57. The predicted octanol–water partition coefficient (Wildman–Crippen LogP) is 3.18. The third-order valence-electron chi connectivity index (χ3n) is 3.34. The number of thiazole rings is 1. The molecule has 0 bridgehead atoms. The molecule has 128 valence electrons. The summed E-state index contributed by atoms with van der Waals surface area (Å²) in [7, 11) is 1.63. The maximum absolute atomic E-state index is 13.6. The van der Waals surface area contributed by atoms with Gasteiger partial charge < -0.3 is 4.74 Å². The van der Waals surface area contributed by atoms with Crippen LogP contribution in [0.5, 0.6) is 0 Å². The van der Waals surface area contributed by atoms with Crippen LogP contribution < -0.4 is 4.80 Å². The normalized spacial score (nSPS) is 12.2. The van der Waals surface area contributed by atoms with Gasteiger partial charge in [0.25, 0.3) is 0 Å². The van der Waals surface area contributed by atoms with E-state index in [2.05, 4.69) is 15.1 Å². The van der Waals surface area contributed by atoms with Crippen molar-refractivity contribution in [2.24, 2.45) is 10.1 Å². The lowest BCUT2D eigenvalue weighted by Gasteiger charge is -2.03. The summed E-state index contributed by atoms with van der Waals surface area (Å²) in [5.41, 5.74) is 2.24. The van der Waals surface area contributed by atoms with E-state index in [1.165, 1.54) is 23.5 Å². The van der Waals surface area contributed by atoms with Gasteiger partial charge in [-0.15, -0.1) is 11.3 Å². The summed E-state index contributed by atoms with van der Waals surface area (Å²) in [6.45, 7) is 1.05. The second kappa shape index (κ2) is 8.46. The molecule has 2 heterocycles. The molecule has 25 heavy (non-hydrogen) atoms. The minimum atomic E-state index is -0.290. The van der Waals surface area contributed by atoms with E-state index < -0.39 is 0 Å².